The molecule has 2 unspecified atom stereocenters. The molecule has 2 rings (SSSR count). The lowest BCUT2D eigenvalue weighted by Gasteiger charge is -2.48. The summed E-state index contributed by atoms with van der Waals surface area (Å²) in [6.45, 7) is 14.4. The van der Waals surface area contributed by atoms with Crippen molar-refractivity contribution in [3.8, 4) is 0 Å². The van der Waals surface area contributed by atoms with Crippen LogP contribution < -0.4 is 5.32 Å². The predicted molar refractivity (Wildman–Crippen MR) is 88.1 cm³/mol. The zero-order valence-corrected chi connectivity index (χ0v) is 14.4. The minimum atomic E-state index is 0.587. The zero-order chi connectivity index (χ0) is 14.8. The molecule has 2 aliphatic rings. The maximum absolute atomic E-state index is 3.80. The van der Waals surface area contributed by atoms with Crippen LogP contribution in [0.25, 0.3) is 0 Å². The third kappa shape index (κ3) is 4.21. The van der Waals surface area contributed by atoms with Gasteiger partial charge in [0.1, 0.15) is 0 Å². The van der Waals surface area contributed by atoms with Crippen LogP contribution in [0, 0.1) is 11.3 Å². The van der Waals surface area contributed by atoms with Crippen LogP contribution in [0.4, 0.5) is 0 Å². The SMILES string of the molecule is CCC1CNC(CC(C)C)CN1C1CCC(C)(C)CC1. The van der Waals surface area contributed by atoms with E-state index in [1.807, 2.05) is 0 Å². The van der Waals surface area contributed by atoms with Crippen molar-refractivity contribution in [3.05, 3.63) is 0 Å². The van der Waals surface area contributed by atoms with Crippen molar-refractivity contribution in [2.45, 2.75) is 91.3 Å². The molecule has 0 amide bonds. The molecular weight excluding hydrogens is 244 g/mol. The van der Waals surface area contributed by atoms with E-state index < -0.39 is 0 Å². The summed E-state index contributed by atoms with van der Waals surface area (Å²) in [5.74, 6) is 0.804. The van der Waals surface area contributed by atoms with Crippen LogP contribution in [0.2, 0.25) is 0 Å². The van der Waals surface area contributed by atoms with Gasteiger partial charge in [0.25, 0.3) is 0 Å². The highest BCUT2D eigenvalue weighted by Gasteiger charge is 2.35. The van der Waals surface area contributed by atoms with Crippen LogP contribution in [0.3, 0.4) is 0 Å². The summed E-state index contributed by atoms with van der Waals surface area (Å²) in [5, 5.41) is 3.80. The maximum Gasteiger partial charge on any atom is 0.0221 e. The highest BCUT2D eigenvalue weighted by molar-refractivity contribution is 4.92. The summed E-state index contributed by atoms with van der Waals surface area (Å²) in [4.78, 5) is 2.87. The van der Waals surface area contributed by atoms with E-state index in [9.17, 15) is 0 Å². The van der Waals surface area contributed by atoms with Crippen molar-refractivity contribution in [1.29, 1.82) is 0 Å². The summed E-state index contributed by atoms with van der Waals surface area (Å²) >= 11 is 0. The van der Waals surface area contributed by atoms with E-state index in [0.717, 1.165) is 18.0 Å². The molecule has 2 atom stereocenters. The maximum atomic E-state index is 3.80. The summed E-state index contributed by atoms with van der Waals surface area (Å²) in [6, 6.07) is 2.34. The van der Waals surface area contributed by atoms with Gasteiger partial charge in [-0.25, -0.2) is 0 Å². The van der Waals surface area contributed by atoms with E-state index >= 15 is 0 Å². The Morgan fingerprint density at radius 1 is 1.20 bits per heavy atom. The van der Waals surface area contributed by atoms with Crippen molar-refractivity contribution in [1.82, 2.24) is 10.2 Å². The molecule has 2 heteroatoms. The highest BCUT2D eigenvalue weighted by atomic mass is 15.3. The first-order valence-corrected chi connectivity index (χ1v) is 8.90. The van der Waals surface area contributed by atoms with Gasteiger partial charge in [-0.05, 0) is 49.9 Å². The normalized spacial score (nSPS) is 32.7. The van der Waals surface area contributed by atoms with Gasteiger partial charge in [0.15, 0.2) is 0 Å². The third-order valence-electron chi connectivity index (χ3n) is 5.55. The Morgan fingerprint density at radius 2 is 1.85 bits per heavy atom. The average Bonchev–Trinajstić information content (AvgIpc) is 2.38. The van der Waals surface area contributed by atoms with E-state index in [0.29, 0.717) is 11.5 Å². The molecule has 1 N–H and O–H groups in total. The van der Waals surface area contributed by atoms with Crippen molar-refractivity contribution < 1.29 is 0 Å². The molecule has 2 nitrogen and oxygen atoms in total. The van der Waals surface area contributed by atoms with Gasteiger partial charge >= 0.3 is 0 Å². The van der Waals surface area contributed by atoms with Gasteiger partial charge in [-0.3, -0.25) is 4.90 Å². The van der Waals surface area contributed by atoms with E-state index in [1.165, 1.54) is 51.6 Å². The third-order valence-corrected chi connectivity index (χ3v) is 5.55. The van der Waals surface area contributed by atoms with Gasteiger partial charge in [0.2, 0.25) is 0 Å². The second-order valence-electron chi connectivity index (χ2n) is 8.39. The molecule has 0 aromatic rings. The Hall–Kier alpha value is -0.0800. The first-order chi connectivity index (χ1) is 9.41. The minimum absolute atomic E-state index is 0.587. The lowest BCUT2D eigenvalue weighted by molar-refractivity contribution is 0.0351. The molecule has 1 saturated heterocycles. The van der Waals surface area contributed by atoms with E-state index in [2.05, 4.69) is 44.8 Å². The van der Waals surface area contributed by atoms with Crippen molar-refractivity contribution in [2.24, 2.45) is 11.3 Å². The Kier molecular flexibility index (Phi) is 5.53. The Bertz CT molecular complexity index is 288. The smallest absolute Gasteiger partial charge is 0.0221 e. The molecule has 0 bridgehead atoms. The van der Waals surface area contributed by atoms with E-state index in [-0.39, 0.29) is 0 Å². The fraction of sp³-hybridized carbons (Fsp3) is 1.00. The Morgan fingerprint density at radius 3 is 2.40 bits per heavy atom. The molecule has 0 aromatic carbocycles. The van der Waals surface area contributed by atoms with Crippen LogP contribution in [-0.2, 0) is 0 Å². The number of piperazine rings is 1. The predicted octanol–water partition coefficient (Wildman–Crippen LogP) is 4.05. The molecule has 20 heavy (non-hydrogen) atoms. The standard InChI is InChI=1S/C18H36N2/c1-6-16-12-19-15(11-14(2)3)13-20(16)17-7-9-18(4,5)10-8-17/h14-17,19H,6-13H2,1-5H3. The molecule has 1 aliphatic heterocycles. The van der Waals surface area contributed by atoms with Gasteiger partial charge in [-0.1, -0.05) is 34.6 Å². The molecular formula is C18H36N2. The first-order valence-electron chi connectivity index (χ1n) is 8.90. The van der Waals surface area contributed by atoms with Gasteiger partial charge < -0.3 is 5.32 Å². The quantitative estimate of drug-likeness (QED) is 0.835. The van der Waals surface area contributed by atoms with Gasteiger partial charge in [-0.2, -0.15) is 0 Å². The van der Waals surface area contributed by atoms with E-state index in [4.69, 9.17) is 0 Å². The van der Waals surface area contributed by atoms with Crippen LogP contribution in [-0.4, -0.2) is 36.1 Å². The Balaban J connectivity index is 1.95. The first kappa shape index (κ1) is 16.3. The lowest BCUT2D eigenvalue weighted by Crippen LogP contribution is -2.60. The molecule has 1 aliphatic carbocycles. The number of nitrogens with zero attached hydrogens (tertiary/aromatic N) is 1. The fourth-order valence-electron chi connectivity index (χ4n) is 4.16. The topological polar surface area (TPSA) is 15.3 Å². The average molecular weight is 280 g/mol. The number of nitrogens with one attached hydrogen (secondary N) is 1. The van der Waals surface area contributed by atoms with Gasteiger partial charge in [0, 0.05) is 31.2 Å². The molecule has 0 radical (unpaired) electrons. The summed E-state index contributed by atoms with van der Waals surface area (Å²) in [6.07, 6.45) is 8.27. The van der Waals surface area contributed by atoms with Crippen LogP contribution >= 0.6 is 0 Å². The van der Waals surface area contributed by atoms with Crippen molar-refractivity contribution >= 4 is 0 Å². The van der Waals surface area contributed by atoms with Gasteiger partial charge in [-0.15, -0.1) is 0 Å². The summed E-state index contributed by atoms with van der Waals surface area (Å²) in [5.41, 5.74) is 0.587. The zero-order valence-electron chi connectivity index (χ0n) is 14.4. The number of rotatable bonds is 4. The number of hydrogen-bond donors (Lipinski definition) is 1. The summed E-state index contributed by atoms with van der Waals surface area (Å²) < 4.78 is 0. The van der Waals surface area contributed by atoms with E-state index in [1.54, 1.807) is 0 Å². The second-order valence-corrected chi connectivity index (χ2v) is 8.39. The fourth-order valence-corrected chi connectivity index (χ4v) is 4.16. The highest BCUT2D eigenvalue weighted by Crippen LogP contribution is 2.38. The molecule has 2 fully saturated rings. The molecule has 1 heterocycles. The molecule has 0 spiro atoms. The largest absolute Gasteiger partial charge is 0.311 e. The van der Waals surface area contributed by atoms with Crippen LogP contribution in [0.5, 0.6) is 0 Å². The minimum Gasteiger partial charge on any atom is -0.311 e. The summed E-state index contributed by atoms with van der Waals surface area (Å²) in [7, 11) is 0. The molecule has 1 saturated carbocycles. The van der Waals surface area contributed by atoms with Gasteiger partial charge in [0.05, 0.1) is 0 Å². The van der Waals surface area contributed by atoms with Crippen molar-refractivity contribution in [2.75, 3.05) is 13.1 Å². The number of hydrogen-bond acceptors (Lipinski definition) is 2. The molecule has 0 aromatic heterocycles. The Labute approximate surface area is 126 Å². The lowest BCUT2D eigenvalue weighted by atomic mass is 9.74. The second kappa shape index (κ2) is 6.79. The molecule has 118 valence electrons. The monoisotopic (exact) mass is 280 g/mol. The van der Waals surface area contributed by atoms with Crippen LogP contribution in [0.1, 0.15) is 73.1 Å². The van der Waals surface area contributed by atoms with Crippen molar-refractivity contribution in [3.63, 3.8) is 0 Å². The van der Waals surface area contributed by atoms with Crippen LogP contribution in [0.15, 0.2) is 0 Å².